The Morgan fingerprint density at radius 2 is 1.67 bits per heavy atom. The van der Waals surface area contributed by atoms with Crippen molar-refractivity contribution in [1.82, 2.24) is 4.57 Å². The second kappa shape index (κ2) is 10.9. The molecule has 1 N–H and O–H groups in total. The molecule has 1 fully saturated rings. The van der Waals surface area contributed by atoms with Gasteiger partial charge in [-0.25, -0.2) is 4.90 Å². The highest BCUT2D eigenvalue weighted by atomic mass is 32.2. The minimum Gasteiger partial charge on any atom is -0.496 e. The second-order valence-corrected chi connectivity index (χ2v) is 11.7. The minimum atomic E-state index is -0.910. The Balaban J connectivity index is 1.43. The average Bonchev–Trinajstić information content (AvgIpc) is 3.43. The fourth-order valence-corrected chi connectivity index (χ4v) is 8.12. The van der Waals surface area contributed by atoms with E-state index in [2.05, 4.69) is 5.32 Å². The summed E-state index contributed by atoms with van der Waals surface area (Å²) in [5, 5.41) is 13.5. The van der Waals surface area contributed by atoms with Gasteiger partial charge in [-0.2, -0.15) is 0 Å². The zero-order valence-electron chi connectivity index (χ0n) is 22.0. The number of fused-ring (bicyclic) bond motifs is 2. The lowest BCUT2D eigenvalue weighted by molar-refractivity contribution is -0.384. The highest BCUT2D eigenvalue weighted by Gasteiger charge is 2.57. The monoisotopic (exact) mass is 602 g/mol. The van der Waals surface area contributed by atoms with E-state index >= 15 is 0 Å². The lowest BCUT2D eigenvalue weighted by atomic mass is 9.82. The third-order valence-corrected chi connectivity index (χ3v) is 9.80. The maximum Gasteiger partial charge on any atom is 0.308 e. The van der Waals surface area contributed by atoms with Gasteiger partial charge in [0.25, 0.3) is 5.69 Å². The standard InChI is InChI=1S/C29H22N4O7S2/c1-40-20-10-6-5-9-19(20)22-23-24(27(36)32(26(23)35)17-11-13-18(14-12-17)33(38)39)41-28-25(22)42-29(37)31(28)15-21(34)30-16-7-3-2-4-8-16/h2-14,22-24H,15H2,1H3,(H,30,34). The number of thiazole rings is 1. The summed E-state index contributed by atoms with van der Waals surface area (Å²) in [5.41, 5.74) is 1.25. The molecular weight excluding hydrogens is 580 g/mol. The van der Waals surface area contributed by atoms with Gasteiger partial charge in [0.05, 0.1) is 28.7 Å². The molecular formula is C29H22N4O7S2. The van der Waals surface area contributed by atoms with E-state index in [4.69, 9.17) is 4.74 Å². The fraction of sp³-hybridized carbons (Fsp3) is 0.172. The van der Waals surface area contributed by atoms with Gasteiger partial charge in [-0.3, -0.25) is 33.9 Å². The van der Waals surface area contributed by atoms with Crippen molar-refractivity contribution in [3.63, 3.8) is 0 Å². The summed E-state index contributed by atoms with van der Waals surface area (Å²) in [5.74, 6) is -2.51. The van der Waals surface area contributed by atoms with Gasteiger partial charge in [0, 0.05) is 34.2 Å². The molecule has 13 heteroatoms. The molecule has 6 rings (SSSR count). The van der Waals surface area contributed by atoms with Gasteiger partial charge in [0.15, 0.2) is 0 Å². The summed E-state index contributed by atoms with van der Waals surface area (Å²) in [6.45, 7) is -0.281. The fourth-order valence-electron chi connectivity index (χ4n) is 5.36. The molecule has 0 saturated carbocycles. The number of benzene rings is 3. The van der Waals surface area contributed by atoms with Gasteiger partial charge in [-0.1, -0.05) is 59.5 Å². The van der Waals surface area contributed by atoms with E-state index in [1.165, 1.54) is 35.9 Å². The molecule has 3 amide bonds. The van der Waals surface area contributed by atoms with Crippen molar-refractivity contribution >= 4 is 57.9 Å². The first kappa shape index (κ1) is 27.4. The summed E-state index contributed by atoms with van der Waals surface area (Å²) in [4.78, 5) is 65.9. The Bertz CT molecular complexity index is 1790. The maximum atomic E-state index is 14.0. The zero-order chi connectivity index (χ0) is 29.5. The number of rotatable bonds is 7. The molecule has 11 nitrogen and oxygen atoms in total. The van der Waals surface area contributed by atoms with Gasteiger partial charge < -0.3 is 10.1 Å². The molecule has 2 aliphatic heterocycles. The SMILES string of the molecule is COc1ccccc1C1c2sc(=O)n(CC(=O)Nc3ccccc3)c2SC2C(=O)N(c3ccc([N+](=O)[O-])cc3)C(=O)C21. The Hall–Kier alpha value is -4.75. The van der Waals surface area contributed by atoms with Crippen LogP contribution in [0.5, 0.6) is 5.75 Å². The van der Waals surface area contributed by atoms with Gasteiger partial charge in [-0.05, 0) is 30.3 Å². The summed E-state index contributed by atoms with van der Waals surface area (Å²) < 4.78 is 6.96. The van der Waals surface area contributed by atoms with Crippen LogP contribution in [0.25, 0.3) is 0 Å². The van der Waals surface area contributed by atoms with Crippen LogP contribution in [-0.4, -0.2) is 39.6 Å². The smallest absolute Gasteiger partial charge is 0.308 e. The predicted octanol–water partition coefficient (Wildman–Crippen LogP) is 4.26. The summed E-state index contributed by atoms with van der Waals surface area (Å²) in [7, 11) is 1.50. The molecule has 3 unspecified atom stereocenters. The van der Waals surface area contributed by atoms with E-state index in [1.807, 2.05) is 6.07 Å². The number of anilines is 2. The Kier molecular flexibility index (Phi) is 7.12. The third-order valence-electron chi connectivity index (χ3n) is 7.20. The molecule has 0 spiro atoms. The van der Waals surface area contributed by atoms with Crippen LogP contribution < -0.4 is 19.8 Å². The molecule has 1 aromatic heterocycles. The Labute approximate surface area is 246 Å². The van der Waals surface area contributed by atoms with Crippen LogP contribution in [0.1, 0.15) is 16.4 Å². The van der Waals surface area contributed by atoms with Crippen LogP contribution in [0, 0.1) is 16.0 Å². The second-order valence-electron chi connectivity index (χ2n) is 9.61. The van der Waals surface area contributed by atoms with Crippen LogP contribution in [0.15, 0.2) is 88.7 Å². The lowest BCUT2D eigenvalue weighted by Gasteiger charge is -2.31. The molecule has 1 saturated heterocycles. The van der Waals surface area contributed by atoms with Crippen LogP contribution >= 0.6 is 23.1 Å². The van der Waals surface area contributed by atoms with Crippen molar-refractivity contribution in [1.29, 1.82) is 0 Å². The van der Waals surface area contributed by atoms with Crippen LogP contribution in [0.4, 0.5) is 17.1 Å². The number of methoxy groups -OCH3 is 1. The normalized spacial score (nSPS) is 19.3. The van der Waals surface area contributed by atoms with Crippen molar-refractivity contribution in [2.24, 2.45) is 5.92 Å². The molecule has 3 atom stereocenters. The number of ether oxygens (including phenoxy) is 1. The number of carbonyl (C=O) groups is 3. The number of imide groups is 1. The number of amides is 3. The van der Waals surface area contributed by atoms with Crippen molar-refractivity contribution < 1.29 is 24.0 Å². The number of nitrogens with zero attached hydrogens (tertiary/aromatic N) is 3. The van der Waals surface area contributed by atoms with E-state index < -0.39 is 39.7 Å². The average molecular weight is 603 g/mol. The molecule has 4 aromatic rings. The lowest BCUT2D eigenvalue weighted by Crippen LogP contribution is -2.33. The number of non-ortho nitro benzene ring substituents is 1. The number of para-hydroxylation sites is 2. The first-order chi connectivity index (χ1) is 20.3. The number of carbonyl (C=O) groups excluding carboxylic acids is 3. The number of hydrogen-bond donors (Lipinski definition) is 1. The molecule has 2 aliphatic rings. The number of nitro groups is 1. The van der Waals surface area contributed by atoms with Crippen LogP contribution in [-0.2, 0) is 20.9 Å². The van der Waals surface area contributed by atoms with E-state index in [1.54, 1.807) is 48.5 Å². The highest BCUT2D eigenvalue weighted by Crippen LogP contribution is 2.55. The molecule has 3 aromatic carbocycles. The molecule has 0 bridgehead atoms. The first-order valence-corrected chi connectivity index (χ1v) is 14.5. The molecule has 42 heavy (non-hydrogen) atoms. The minimum absolute atomic E-state index is 0.170. The zero-order valence-corrected chi connectivity index (χ0v) is 23.6. The largest absolute Gasteiger partial charge is 0.496 e. The summed E-state index contributed by atoms with van der Waals surface area (Å²) >= 11 is 2.02. The number of thioether (sulfide) groups is 1. The first-order valence-electron chi connectivity index (χ1n) is 12.8. The van der Waals surface area contributed by atoms with Crippen molar-refractivity contribution in [3.05, 3.63) is 109 Å². The molecule has 0 radical (unpaired) electrons. The van der Waals surface area contributed by atoms with Gasteiger partial charge in [0.1, 0.15) is 17.5 Å². The highest BCUT2D eigenvalue weighted by molar-refractivity contribution is 8.00. The van der Waals surface area contributed by atoms with Crippen molar-refractivity contribution in [2.75, 3.05) is 17.3 Å². The Morgan fingerprint density at radius 3 is 2.36 bits per heavy atom. The van der Waals surface area contributed by atoms with Gasteiger partial charge >= 0.3 is 4.87 Å². The molecule has 212 valence electrons. The topological polar surface area (TPSA) is 141 Å². The van der Waals surface area contributed by atoms with E-state index in [9.17, 15) is 29.3 Å². The molecule has 3 heterocycles. The summed E-state index contributed by atoms with van der Waals surface area (Å²) in [6.07, 6.45) is 0. The number of nitro benzene ring substituents is 1. The van der Waals surface area contributed by atoms with E-state index in [-0.39, 0.29) is 22.8 Å². The summed E-state index contributed by atoms with van der Waals surface area (Å²) in [6, 6.07) is 21.2. The van der Waals surface area contributed by atoms with Crippen LogP contribution in [0.3, 0.4) is 0 Å². The quantitative estimate of drug-likeness (QED) is 0.188. The van der Waals surface area contributed by atoms with Crippen LogP contribution in [0.2, 0.25) is 0 Å². The van der Waals surface area contributed by atoms with Crippen molar-refractivity contribution in [2.45, 2.75) is 22.7 Å². The number of aromatic nitrogens is 1. The van der Waals surface area contributed by atoms with E-state index in [0.29, 0.717) is 26.9 Å². The van der Waals surface area contributed by atoms with Gasteiger partial charge in [-0.15, -0.1) is 0 Å². The molecule has 0 aliphatic carbocycles. The van der Waals surface area contributed by atoms with Gasteiger partial charge in [0.2, 0.25) is 17.7 Å². The number of hydrogen-bond acceptors (Lipinski definition) is 9. The van der Waals surface area contributed by atoms with Crippen molar-refractivity contribution in [3.8, 4) is 5.75 Å². The maximum absolute atomic E-state index is 14.0. The van der Waals surface area contributed by atoms with E-state index in [0.717, 1.165) is 28.0 Å². The Morgan fingerprint density at radius 1 is 0.976 bits per heavy atom. The predicted molar refractivity (Wildman–Crippen MR) is 157 cm³/mol. The third kappa shape index (κ3) is 4.65. The number of nitrogens with one attached hydrogen (secondary N) is 1.